The van der Waals surface area contributed by atoms with E-state index in [4.69, 9.17) is 10.5 Å². The van der Waals surface area contributed by atoms with Crippen LogP contribution in [0.3, 0.4) is 0 Å². The summed E-state index contributed by atoms with van der Waals surface area (Å²) < 4.78 is 19.0. The topological polar surface area (TPSA) is 61.0 Å². The normalized spacial score (nSPS) is 12.2. The first kappa shape index (κ1) is 13.9. The first-order valence-corrected chi connectivity index (χ1v) is 6.45. The van der Waals surface area contributed by atoms with E-state index in [1.807, 2.05) is 0 Å². The maximum atomic E-state index is 13.2. The van der Waals surface area contributed by atoms with Crippen LogP contribution in [0.25, 0.3) is 0 Å². The predicted molar refractivity (Wildman–Crippen MR) is 73.3 cm³/mol. The van der Waals surface area contributed by atoms with E-state index in [1.54, 1.807) is 12.1 Å². The van der Waals surface area contributed by atoms with Gasteiger partial charge in [-0.3, -0.25) is 0 Å². The van der Waals surface area contributed by atoms with Gasteiger partial charge in [0.25, 0.3) is 0 Å². The highest BCUT2D eigenvalue weighted by atomic mass is 79.9. The van der Waals surface area contributed by atoms with Crippen molar-refractivity contribution in [2.45, 2.75) is 12.5 Å². The summed E-state index contributed by atoms with van der Waals surface area (Å²) in [4.78, 5) is 8.05. The third-order valence-corrected chi connectivity index (χ3v) is 3.42. The molecule has 0 bridgehead atoms. The van der Waals surface area contributed by atoms with E-state index in [1.165, 1.54) is 25.6 Å². The van der Waals surface area contributed by atoms with Crippen molar-refractivity contribution in [3.8, 4) is 5.88 Å². The van der Waals surface area contributed by atoms with Crippen LogP contribution in [0.2, 0.25) is 0 Å². The number of nitrogens with two attached hydrogens (primary N) is 1. The quantitative estimate of drug-likeness (QED) is 0.938. The van der Waals surface area contributed by atoms with E-state index in [0.717, 1.165) is 10.2 Å². The van der Waals surface area contributed by atoms with Gasteiger partial charge in [-0.1, -0.05) is 15.9 Å². The average molecular weight is 326 g/mol. The second-order valence-corrected chi connectivity index (χ2v) is 4.88. The van der Waals surface area contributed by atoms with Gasteiger partial charge >= 0.3 is 0 Å². The Morgan fingerprint density at radius 3 is 2.89 bits per heavy atom. The minimum absolute atomic E-state index is 0.311. The van der Waals surface area contributed by atoms with Gasteiger partial charge in [-0.2, -0.15) is 0 Å². The van der Waals surface area contributed by atoms with Crippen molar-refractivity contribution >= 4 is 15.9 Å². The van der Waals surface area contributed by atoms with Gasteiger partial charge in [0, 0.05) is 28.7 Å². The third kappa shape index (κ3) is 3.48. The maximum absolute atomic E-state index is 13.2. The first-order valence-electron chi connectivity index (χ1n) is 5.65. The van der Waals surface area contributed by atoms with Crippen molar-refractivity contribution < 1.29 is 9.13 Å². The molecule has 2 N–H and O–H groups in total. The predicted octanol–water partition coefficient (Wildman–Crippen LogP) is 2.63. The molecule has 2 aromatic rings. The van der Waals surface area contributed by atoms with Gasteiger partial charge in [-0.05, 0) is 23.8 Å². The summed E-state index contributed by atoms with van der Waals surface area (Å²) in [5.74, 6) is 0.171. The molecule has 100 valence electrons. The fraction of sp³-hybridized carbons (Fsp3) is 0.231. The van der Waals surface area contributed by atoms with Gasteiger partial charge in [0.2, 0.25) is 5.88 Å². The first-order chi connectivity index (χ1) is 9.10. The van der Waals surface area contributed by atoms with E-state index in [-0.39, 0.29) is 11.9 Å². The molecule has 1 unspecified atom stereocenters. The lowest BCUT2D eigenvalue weighted by atomic mass is 10.0. The number of methoxy groups -OCH3 is 1. The average Bonchev–Trinajstić information content (AvgIpc) is 2.41. The zero-order chi connectivity index (χ0) is 13.8. The summed E-state index contributed by atoms with van der Waals surface area (Å²) in [5.41, 5.74) is 7.54. The van der Waals surface area contributed by atoms with Crippen LogP contribution in [0.15, 0.2) is 35.1 Å². The third-order valence-electron chi connectivity index (χ3n) is 2.69. The molecule has 0 saturated carbocycles. The minimum atomic E-state index is -0.357. The zero-order valence-electron chi connectivity index (χ0n) is 10.3. The Morgan fingerprint density at radius 2 is 2.16 bits per heavy atom. The Kier molecular flexibility index (Phi) is 4.44. The highest BCUT2D eigenvalue weighted by Gasteiger charge is 2.13. The monoisotopic (exact) mass is 325 g/mol. The Morgan fingerprint density at radius 1 is 1.37 bits per heavy atom. The SMILES string of the molecule is COc1cc(CC(N)c2cc(F)ccc2Br)ncn1. The summed E-state index contributed by atoms with van der Waals surface area (Å²) >= 11 is 3.37. The lowest BCUT2D eigenvalue weighted by Crippen LogP contribution is -2.15. The van der Waals surface area contributed by atoms with Crippen LogP contribution in [-0.2, 0) is 6.42 Å². The van der Waals surface area contributed by atoms with E-state index in [9.17, 15) is 4.39 Å². The van der Waals surface area contributed by atoms with Gasteiger partial charge in [0.15, 0.2) is 0 Å². The summed E-state index contributed by atoms with van der Waals surface area (Å²) in [5, 5.41) is 0. The van der Waals surface area contributed by atoms with Crippen LogP contribution in [-0.4, -0.2) is 17.1 Å². The summed E-state index contributed by atoms with van der Waals surface area (Å²) in [6, 6.07) is 5.81. The van der Waals surface area contributed by atoms with Crippen molar-refractivity contribution in [1.29, 1.82) is 0 Å². The van der Waals surface area contributed by atoms with E-state index < -0.39 is 0 Å². The number of rotatable bonds is 4. The molecule has 2 rings (SSSR count). The van der Waals surface area contributed by atoms with Crippen LogP contribution in [0.1, 0.15) is 17.3 Å². The lowest BCUT2D eigenvalue weighted by Gasteiger charge is -2.13. The fourth-order valence-corrected chi connectivity index (χ4v) is 2.27. The van der Waals surface area contributed by atoms with E-state index in [2.05, 4.69) is 25.9 Å². The maximum Gasteiger partial charge on any atom is 0.216 e. The van der Waals surface area contributed by atoms with Crippen molar-refractivity contribution in [1.82, 2.24) is 9.97 Å². The molecule has 0 radical (unpaired) electrons. The van der Waals surface area contributed by atoms with Crippen molar-refractivity contribution in [2.24, 2.45) is 5.73 Å². The molecule has 1 atom stereocenters. The van der Waals surface area contributed by atoms with Crippen LogP contribution in [0.4, 0.5) is 4.39 Å². The molecule has 0 aliphatic heterocycles. The van der Waals surface area contributed by atoms with E-state index in [0.29, 0.717) is 17.9 Å². The molecule has 0 aliphatic rings. The summed E-state index contributed by atoms with van der Waals surface area (Å²) in [6.07, 6.45) is 1.89. The second kappa shape index (κ2) is 6.08. The number of nitrogens with zero attached hydrogens (tertiary/aromatic N) is 2. The molecule has 6 heteroatoms. The van der Waals surface area contributed by atoms with Crippen LogP contribution in [0, 0.1) is 5.82 Å². The molecule has 0 saturated heterocycles. The Hall–Kier alpha value is -1.53. The van der Waals surface area contributed by atoms with Crippen molar-refractivity contribution in [2.75, 3.05) is 7.11 Å². The molecule has 1 aromatic heterocycles. The molecule has 1 heterocycles. The number of aromatic nitrogens is 2. The Labute approximate surface area is 119 Å². The smallest absolute Gasteiger partial charge is 0.216 e. The standard InChI is InChI=1S/C13H13BrFN3O/c1-19-13-6-9(17-7-18-13)5-12(16)10-4-8(15)2-3-11(10)14/h2-4,6-7,12H,5,16H2,1H3. The minimum Gasteiger partial charge on any atom is -0.481 e. The van der Waals surface area contributed by atoms with Gasteiger partial charge in [0.05, 0.1) is 7.11 Å². The molecular formula is C13H13BrFN3O. The van der Waals surface area contributed by atoms with Gasteiger partial charge in [-0.25, -0.2) is 14.4 Å². The molecule has 0 aliphatic carbocycles. The molecule has 0 fully saturated rings. The van der Waals surface area contributed by atoms with Crippen molar-refractivity contribution in [3.63, 3.8) is 0 Å². The van der Waals surface area contributed by atoms with Gasteiger partial charge < -0.3 is 10.5 Å². The number of benzene rings is 1. The number of hydrogen-bond donors (Lipinski definition) is 1. The largest absolute Gasteiger partial charge is 0.481 e. The zero-order valence-corrected chi connectivity index (χ0v) is 11.9. The Bertz CT molecular complexity index is 580. The van der Waals surface area contributed by atoms with Gasteiger partial charge in [0.1, 0.15) is 12.1 Å². The van der Waals surface area contributed by atoms with Crippen LogP contribution < -0.4 is 10.5 Å². The molecule has 0 spiro atoms. The molecule has 0 amide bonds. The molecule has 1 aromatic carbocycles. The van der Waals surface area contributed by atoms with Crippen LogP contribution >= 0.6 is 15.9 Å². The summed E-state index contributed by atoms with van der Waals surface area (Å²) in [7, 11) is 1.54. The van der Waals surface area contributed by atoms with Gasteiger partial charge in [-0.15, -0.1) is 0 Å². The van der Waals surface area contributed by atoms with Crippen molar-refractivity contribution in [3.05, 3.63) is 52.1 Å². The number of hydrogen-bond acceptors (Lipinski definition) is 4. The highest BCUT2D eigenvalue weighted by Crippen LogP contribution is 2.25. The summed E-state index contributed by atoms with van der Waals surface area (Å²) in [6.45, 7) is 0. The molecule has 4 nitrogen and oxygen atoms in total. The number of halogens is 2. The number of ether oxygens (including phenoxy) is 1. The van der Waals surface area contributed by atoms with E-state index >= 15 is 0 Å². The highest BCUT2D eigenvalue weighted by molar-refractivity contribution is 9.10. The second-order valence-electron chi connectivity index (χ2n) is 4.03. The lowest BCUT2D eigenvalue weighted by molar-refractivity contribution is 0.395. The van der Waals surface area contributed by atoms with Crippen LogP contribution in [0.5, 0.6) is 5.88 Å². The molecule has 19 heavy (non-hydrogen) atoms. The Balaban J connectivity index is 2.20. The fourth-order valence-electron chi connectivity index (χ4n) is 1.73. The molecular weight excluding hydrogens is 313 g/mol.